The van der Waals surface area contributed by atoms with Crippen LogP contribution in [0, 0.1) is 0 Å². The average Bonchev–Trinajstić information content (AvgIpc) is 2.87. The van der Waals surface area contributed by atoms with Gasteiger partial charge in [-0.25, -0.2) is 0 Å². The second kappa shape index (κ2) is 9.24. The Labute approximate surface area is 156 Å². The Morgan fingerprint density at radius 2 is 2.15 bits per heavy atom. The number of ether oxygens (including phenoxy) is 2. The Morgan fingerprint density at radius 3 is 2.85 bits per heavy atom. The molecule has 1 fully saturated rings. The van der Waals surface area contributed by atoms with Crippen LogP contribution in [0.5, 0.6) is 5.75 Å². The van der Waals surface area contributed by atoms with E-state index in [1.165, 1.54) is 0 Å². The number of imide groups is 1. The van der Waals surface area contributed by atoms with Crippen molar-refractivity contribution >= 4 is 35.0 Å². The van der Waals surface area contributed by atoms with Crippen LogP contribution in [0.2, 0.25) is 0 Å². The second-order valence-corrected chi connectivity index (χ2v) is 6.64. The first kappa shape index (κ1) is 19.8. The maximum atomic E-state index is 12.4. The highest BCUT2D eigenvalue weighted by molar-refractivity contribution is 8.18. The first-order valence-corrected chi connectivity index (χ1v) is 9.04. The van der Waals surface area contributed by atoms with Crippen molar-refractivity contribution in [2.24, 2.45) is 0 Å². The number of esters is 1. The fraction of sp³-hybridized carbons (Fsp3) is 0.316. The van der Waals surface area contributed by atoms with E-state index in [2.05, 4.69) is 6.58 Å². The Kier molecular flexibility index (Phi) is 7.03. The van der Waals surface area contributed by atoms with Gasteiger partial charge in [-0.3, -0.25) is 19.3 Å². The molecule has 0 radical (unpaired) electrons. The minimum Gasteiger partial charge on any atom is -0.490 e. The number of nitrogens with zero attached hydrogens (tertiary/aromatic N) is 1. The van der Waals surface area contributed by atoms with Crippen LogP contribution in [0.15, 0.2) is 41.8 Å². The molecule has 1 atom stereocenters. The van der Waals surface area contributed by atoms with Crippen molar-refractivity contribution in [3.8, 4) is 5.75 Å². The number of rotatable bonds is 8. The monoisotopic (exact) mass is 375 g/mol. The van der Waals surface area contributed by atoms with Gasteiger partial charge in [0.25, 0.3) is 11.1 Å². The summed E-state index contributed by atoms with van der Waals surface area (Å²) in [6.07, 6.45) is 3.65. The summed E-state index contributed by atoms with van der Waals surface area (Å²) in [4.78, 5) is 37.5. The van der Waals surface area contributed by atoms with Gasteiger partial charge in [0.15, 0.2) is 0 Å². The van der Waals surface area contributed by atoms with Gasteiger partial charge in [0.05, 0.1) is 11.0 Å². The van der Waals surface area contributed by atoms with Crippen molar-refractivity contribution < 1.29 is 23.9 Å². The van der Waals surface area contributed by atoms with Crippen molar-refractivity contribution in [3.05, 3.63) is 47.4 Å². The smallest absolute Gasteiger partial charge is 0.326 e. The minimum absolute atomic E-state index is 0.253. The highest BCUT2D eigenvalue weighted by Crippen LogP contribution is 2.32. The van der Waals surface area contributed by atoms with Gasteiger partial charge in [0, 0.05) is 0 Å². The van der Waals surface area contributed by atoms with Crippen LogP contribution < -0.4 is 4.74 Å². The fourth-order valence-corrected chi connectivity index (χ4v) is 2.95. The van der Waals surface area contributed by atoms with Crippen LogP contribution in [-0.2, 0) is 14.3 Å². The number of carbonyl (C=O) groups excluding carboxylic acids is 3. The molecule has 1 aliphatic rings. The number of hydrogen-bond acceptors (Lipinski definition) is 6. The van der Waals surface area contributed by atoms with Gasteiger partial charge in [-0.15, -0.1) is 0 Å². The van der Waals surface area contributed by atoms with E-state index in [9.17, 15) is 14.4 Å². The predicted octanol–water partition coefficient (Wildman–Crippen LogP) is 3.63. The third kappa shape index (κ3) is 5.23. The third-order valence-electron chi connectivity index (χ3n) is 3.59. The van der Waals surface area contributed by atoms with E-state index in [0.29, 0.717) is 18.8 Å². The topological polar surface area (TPSA) is 72.9 Å². The lowest BCUT2D eigenvalue weighted by molar-refractivity contribution is -0.150. The Hall–Kier alpha value is -2.54. The summed E-state index contributed by atoms with van der Waals surface area (Å²) < 4.78 is 10.6. The number of hydrogen-bond donors (Lipinski definition) is 0. The van der Waals surface area contributed by atoms with Gasteiger partial charge in [0.2, 0.25) is 0 Å². The van der Waals surface area contributed by atoms with E-state index in [1.807, 2.05) is 6.92 Å². The molecule has 0 N–H and O–H groups in total. The summed E-state index contributed by atoms with van der Waals surface area (Å²) in [6.45, 7) is 7.22. The van der Waals surface area contributed by atoms with Crippen molar-refractivity contribution in [2.45, 2.75) is 26.4 Å². The molecule has 0 saturated carbocycles. The molecule has 2 amide bonds. The van der Waals surface area contributed by atoms with Crippen LogP contribution in [0.25, 0.3) is 6.08 Å². The lowest BCUT2D eigenvalue weighted by atomic mass is 10.2. The summed E-state index contributed by atoms with van der Waals surface area (Å²) in [5, 5.41) is -0.485. The normalized spacial score (nSPS) is 16.7. The number of benzene rings is 1. The first-order valence-electron chi connectivity index (χ1n) is 8.23. The molecule has 0 spiro atoms. The molecule has 26 heavy (non-hydrogen) atoms. The third-order valence-corrected chi connectivity index (χ3v) is 4.50. The van der Waals surface area contributed by atoms with E-state index in [1.54, 1.807) is 43.3 Å². The Morgan fingerprint density at radius 1 is 1.38 bits per heavy atom. The van der Waals surface area contributed by atoms with Crippen LogP contribution in [0.4, 0.5) is 4.79 Å². The van der Waals surface area contributed by atoms with E-state index in [-0.39, 0.29) is 17.6 Å². The zero-order valence-electron chi connectivity index (χ0n) is 14.8. The van der Waals surface area contributed by atoms with E-state index >= 15 is 0 Å². The van der Waals surface area contributed by atoms with Crippen molar-refractivity contribution in [1.82, 2.24) is 4.90 Å². The molecule has 1 heterocycles. The SMILES string of the molecule is C=CCOc1cccc(/C=C2/SC(=O)N(CC(=O)O[C@@H](C)CC)C2=O)c1. The quantitative estimate of drug-likeness (QED) is 0.392. The number of carbonyl (C=O) groups is 3. The van der Waals surface area contributed by atoms with Gasteiger partial charge >= 0.3 is 5.97 Å². The minimum atomic E-state index is -0.595. The van der Waals surface area contributed by atoms with Gasteiger partial charge in [-0.05, 0) is 48.9 Å². The maximum Gasteiger partial charge on any atom is 0.326 e. The van der Waals surface area contributed by atoms with E-state index in [0.717, 1.165) is 22.2 Å². The molecule has 1 aromatic carbocycles. The van der Waals surface area contributed by atoms with Crippen molar-refractivity contribution in [1.29, 1.82) is 0 Å². The van der Waals surface area contributed by atoms with Crippen LogP contribution >= 0.6 is 11.8 Å². The Bertz CT molecular complexity index is 743. The van der Waals surface area contributed by atoms with E-state index < -0.39 is 17.1 Å². The molecule has 1 aliphatic heterocycles. The largest absolute Gasteiger partial charge is 0.490 e. The molecule has 1 aromatic rings. The molecular formula is C19H21NO5S. The molecule has 0 aromatic heterocycles. The fourth-order valence-electron chi connectivity index (χ4n) is 2.11. The number of thioether (sulfide) groups is 1. The van der Waals surface area contributed by atoms with Crippen LogP contribution in [-0.4, -0.2) is 41.3 Å². The van der Waals surface area contributed by atoms with Crippen LogP contribution in [0.1, 0.15) is 25.8 Å². The first-order chi connectivity index (χ1) is 12.4. The zero-order valence-corrected chi connectivity index (χ0v) is 15.6. The van der Waals surface area contributed by atoms with Gasteiger partial charge in [0.1, 0.15) is 18.9 Å². The summed E-state index contributed by atoms with van der Waals surface area (Å²) in [5.74, 6) is -0.462. The summed E-state index contributed by atoms with van der Waals surface area (Å²) in [6, 6.07) is 7.14. The highest BCUT2D eigenvalue weighted by Gasteiger charge is 2.36. The summed E-state index contributed by atoms with van der Waals surface area (Å²) >= 11 is 0.801. The van der Waals surface area contributed by atoms with Gasteiger partial charge < -0.3 is 9.47 Å². The highest BCUT2D eigenvalue weighted by atomic mass is 32.2. The lowest BCUT2D eigenvalue weighted by Gasteiger charge is -2.14. The molecule has 1 saturated heterocycles. The second-order valence-electron chi connectivity index (χ2n) is 5.65. The molecule has 0 unspecified atom stereocenters. The van der Waals surface area contributed by atoms with Crippen LogP contribution in [0.3, 0.4) is 0 Å². The molecular weight excluding hydrogens is 354 g/mol. The summed E-state index contributed by atoms with van der Waals surface area (Å²) in [7, 11) is 0. The van der Waals surface area contributed by atoms with Gasteiger partial charge in [-0.1, -0.05) is 31.7 Å². The predicted molar refractivity (Wildman–Crippen MR) is 101 cm³/mol. The maximum absolute atomic E-state index is 12.4. The molecule has 2 rings (SSSR count). The van der Waals surface area contributed by atoms with Gasteiger partial charge in [-0.2, -0.15) is 0 Å². The van der Waals surface area contributed by atoms with Crippen molar-refractivity contribution in [3.63, 3.8) is 0 Å². The average molecular weight is 375 g/mol. The molecule has 138 valence electrons. The molecule has 7 heteroatoms. The molecule has 6 nitrogen and oxygen atoms in total. The number of amides is 2. The standard InChI is InChI=1S/C19H21NO5S/c1-4-9-24-15-8-6-7-14(10-15)11-16-18(22)20(19(23)26-16)12-17(21)25-13(3)5-2/h4,6-8,10-11,13H,1,5,9,12H2,2-3H3/b16-11+/t13-/m0/s1. The zero-order chi connectivity index (χ0) is 19.1. The summed E-state index contributed by atoms with van der Waals surface area (Å²) in [5.41, 5.74) is 0.722. The van der Waals surface area contributed by atoms with E-state index in [4.69, 9.17) is 9.47 Å². The van der Waals surface area contributed by atoms with Crippen molar-refractivity contribution in [2.75, 3.05) is 13.2 Å². The molecule has 0 aliphatic carbocycles. The lowest BCUT2D eigenvalue weighted by Crippen LogP contribution is -2.35. The Balaban J connectivity index is 2.09. The molecule has 0 bridgehead atoms.